The van der Waals surface area contributed by atoms with E-state index in [1.54, 1.807) is 0 Å². The van der Waals surface area contributed by atoms with Gasteiger partial charge in [0.05, 0.1) is 0 Å². The number of aryl methyl sites for hydroxylation is 2. The molecule has 7 rings (SSSR count). The van der Waals surface area contributed by atoms with Crippen molar-refractivity contribution in [2.24, 2.45) is 0 Å². The molecular formula is C52H54. The standard InChI is InChI=1S/C52H54/c1-3-5-7-9-11-17-39-23-27-41(28-24-39)43-31-35-45(36-32-43)51-47-19-13-15-21-49(47)52(50-22-16-14-20-48(50)51)46-37-33-44(34-38-46)42-29-25-40(26-30-42)18-12-10-8-6-4-2/h13-16,19-38H,3-12,17-18H2,1-2H3. The number of unbranched alkanes of at least 4 members (excludes halogenated alkanes) is 8. The van der Waals surface area contributed by atoms with Crippen molar-refractivity contribution in [2.45, 2.75) is 90.9 Å². The molecular weight excluding hydrogens is 625 g/mol. The maximum absolute atomic E-state index is 2.32. The van der Waals surface area contributed by atoms with Gasteiger partial charge >= 0.3 is 0 Å². The maximum Gasteiger partial charge on any atom is -0.00264 e. The Bertz CT molecular complexity index is 1950. The second-order valence-corrected chi connectivity index (χ2v) is 14.7. The van der Waals surface area contributed by atoms with Gasteiger partial charge in [0.25, 0.3) is 0 Å². The van der Waals surface area contributed by atoms with Crippen LogP contribution in [-0.4, -0.2) is 0 Å². The van der Waals surface area contributed by atoms with Crippen LogP contribution in [0.1, 0.15) is 89.2 Å². The summed E-state index contributed by atoms with van der Waals surface area (Å²) in [6, 6.07) is 54.9. The molecule has 0 N–H and O–H groups in total. The number of hydrogen-bond acceptors (Lipinski definition) is 0. The van der Waals surface area contributed by atoms with Gasteiger partial charge in [-0.1, -0.05) is 211 Å². The first-order valence-corrected chi connectivity index (χ1v) is 20.1. The molecule has 0 heteroatoms. The summed E-state index contributed by atoms with van der Waals surface area (Å²) in [5.74, 6) is 0. The average Bonchev–Trinajstić information content (AvgIpc) is 3.20. The molecule has 7 aromatic rings. The van der Waals surface area contributed by atoms with Gasteiger partial charge in [0.15, 0.2) is 0 Å². The largest absolute Gasteiger partial charge is 0.0654 e. The van der Waals surface area contributed by atoms with E-state index in [2.05, 4.69) is 159 Å². The molecule has 0 aromatic heterocycles. The lowest BCUT2D eigenvalue weighted by molar-refractivity contribution is 0.632. The molecule has 0 radical (unpaired) electrons. The maximum atomic E-state index is 2.32. The monoisotopic (exact) mass is 678 g/mol. The zero-order chi connectivity index (χ0) is 35.5. The molecule has 52 heavy (non-hydrogen) atoms. The summed E-state index contributed by atoms with van der Waals surface area (Å²) in [5, 5.41) is 5.17. The fourth-order valence-corrected chi connectivity index (χ4v) is 8.00. The molecule has 0 bridgehead atoms. The lowest BCUT2D eigenvalue weighted by atomic mass is 9.85. The van der Waals surface area contributed by atoms with Gasteiger partial charge in [0, 0.05) is 0 Å². The van der Waals surface area contributed by atoms with E-state index < -0.39 is 0 Å². The van der Waals surface area contributed by atoms with Gasteiger partial charge in [-0.3, -0.25) is 0 Å². The molecule has 0 aliphatic rings. The normalized spacial score (nSPS) is 11.4. The second-order valence-electron chi connectivity index (χ2n) is 14.7. The highest BCUT2D eigenvalue weighted by atomic mass is 14.2. The van der Waals surface area contributed by atoms with Crippen LogP contribution < -0.4 is 0 Å². The van der Waals surface area contributed by atoms with E-state index in [1.807, 2.05) is 0 Å². The van der Waals surface area contributed by atoms with E-state index >= 15 is 0 Å². The fraction of sp³-hybridized carbons (Fsp3) is 0.269. The molecule has 0 amide bonds. The molecule has 0 aliphatic carbocycles. The summed E-state index contributed by atoms with van der Waals surface area (Å²) in [5.41, 5.74) is 13.1. The van der Waals surface area contributed by atoms with E-state index in [9.17, 15) is 0 Å². The van der Waals surface area contributed by atoms with Gasteiger partial charge < -0.3 is 0 Å². The molecule has 7 aromatic carbocycles. The van der Waals surface area contributed by atoms with Gasteiger partial charge in [0.1, 0.15) is 0 Å². The third-order valence-corrected chi connectivity index (χ3v) is 11.0. The molecule has 0 saturated carbocycles. The summed E-state index contributed by atoms with van der Waals surface area (Å²) >= 11 is 0. The van der Waals surface area contributed by atoms with Gasteiger partial charge in [0.2, 0.25) is 0 Å². The van der Waals surface area contributed by atoms with Gasteiger partial charge in [-0.15, -0.1) is 0 Å². The molecule has 0 fully saturated rings. The van der Waals surface area contributed by atoms with Crippen molar-refractivity contribution in [1.82, 2.24) is 0 Å². The van der Waals surface area contributed by atoms with E-state index in [1.165, 1.54) is 154 Å². The van der Waals surface area contributed by atoms with Gasteiger partial charge in [-0.05, 0) is 103 Å². The van der Waals surface area contributed by atoms with Crippen LogP contribution in [0.5, 0.6) is 0 Å². The SMILES string of the molecule is CCCCCCCc1ccc(-c2ccc(-c3c4ccccc4c(-c4ccc(-c5ccc(CCCCCCC)cc5)cc4)c4ccccc34)cc2)cc1. The number of benzene rings is 7. The van der Waals surface area contributed by atoms with Crippen LogP contribution in [0.3, 0.4) is 0 Å². The van der Waals surface area contributed by atoms with Crippen LogP contribution in [0.4, 0.5) is 0 Å². The Morgan fingerprint density at radius 3 is 0.846 bits per heavy atom. The van der Waals surface area contributed by atoms with Gasteiger partial charge in [-0.25, -0.2) is 0 Å². The minimum absolute atomic E-state index is 1.18. The first-order chi connectivity index (χ1) is 25.7. The first-order valence-electron chi connectivity index (χ1n) is 20.1. The highest BCUT2D eigenvalue weighted by molar-refractivity contribution is 6.21. The molecule has 0 nitrogen and oxygen atoms in total. The van der Waals surface area contributed by atoms with Crippen LogP contribution >= 0.6 is 0 Å². The zero-order valence-corrected chi connectivity index (χ0v) is 31.3. The van der Waals surface area contributed by atoms with Crippen molar-refractivity contribution >= 4 is 21.5 Å². The van der Waals surface area contributed by atoms with Crippen LogP contribution in [0.2, 0.25) is 0 Å². The molecule has 262 valence electrons. The first kappa shape index (κ1) is 35.5. The number of hydrogen-bond donors (Lipinski definition) is 0. The Hall–Kier alpha value is -4.94. The Kier molecular flexibility index (Phi) is 11.9. The Morgan fingerprint density at radius 1 is 0.269 bits per heavy atom. The Balaban J connectivity index is 1.15. The quantitative estimate of drug-likeness (QED) is 0.0705. The third kappa shape index (κ3) is 8.24. The van der Waals surface area contributed by atoms with Crippen molar-refractivity contribution in [3.05, 3.63) is 157 Å². The van der Waals surface area contributed by atoms with Crippen molar-refractivity contribution in [3.8, 4) is 44.5 Å². The molecule has 0 saturated heterocycles. The number of fused-ring (bicyclic) bond motifs is 2. The van der Waals surface area contributed by atoms with E-state index in [0.29, 0.717) is 0 Å². The predicted molar refractivity (Wildman–Crippen MR) is 228 cm³/mol. The van der Waals surface area contributed by atoms with Crippen LogP contribution in [-0.2, 0) is 12.8 Å². The predicted octanol–water partition coefficient (Wildman–Crippen LogP) is 15.7. The summed E-state index contributed by atoms with van der Waals surface area (Å²) in [7, 11) is 0. The highest BCUT2D eigenvalue weighted by Gasteiger charge is 2.16. The van der Waals surface area contributed by atoms with Gasteiger partial charge in [-0.2, -0.15) is 0 Å². The average molecular weight is 679 g/mol. The zero-order valence-electron chi connectivity index (χ0n) is 31.3. The summed E-state index contributed by atoms with van der Waals surface area (Å²) < 4.78 is 0. The molecule has 0 heterocycles. The highest BCUT2D eigenvalue weighted by Crippen LogP contribution is 2.44. The second kappa shape index (κ2) is 17.5. The fourth-order valence-electron chi connectivity index (χ4n) is 8.00. The smallest absolute Gasteiger partial charge is 0.00264 e. The van der Waals surface area contributed by atoms with Crippen molar-refractivity contribution in [1.29, 1.82) is 0 Å². The molecule has 0 atom stereocenters. The molecule has 0 aliphatic heterocycles. The third-order valence-electron chi connectivity index (χ3n) is 11.0. The number of rotatable bonds is 16. The Morgan fingerprint density at radius 2 is 0.538 bits per heavy atom. The molecule has 0 spiro atoms. The Labute approximate surface area is 312 Å². The lowest BCUT2D eigenvalue weighted by Gasteiger charge is -2.18. The van der Waals surface area contributed by atoms with Crippen LogP contribution in [0.15, 0.2) is 146 Å². The van der Waals surface area contributed by atoms with E-state index in [4.69, 9.17) is 0 Å². The minimum Gasteiger partial charge on any atom is -0.0654 e. The minimum atomic E-state index is 1.18. The van der Waals surface area contributed by atoms with E-state index in [0.717, 1.165) is 0 Å². The van der Waals surface area contributed by atoms with Crippen LogP contribution in [0, 0.1) is 0 Å². The summed E-state index contributed by atoms with van der Waals surface area (Å²) in [4.78, 5) is 0. The topological polar surface area (TPSA) is 0 Å². The van der Waals surface area contributed by atoms with E-state index in [-0.39, 0.29) is 0 Å². The van der Waals surface area contributed by atoms with Crippen molar-refractivity contribution < 1.29 is 0 Å². The lowest BCUT2D eigenvalue weighted by Crippen LogP contribution is -1.91. The summed E-state index contributed by atoms with van der Waals surface area (Å²) in [6.07, 6.45) is 15.6. The van der Waals surface area contributed by atoms with Crippen molar-refractivity contribution in [2.75, 3.05) is 0 Å². The van der Waals surface area contributed by atoms with Crippen molar-refractivity contribution in [3.63, 3.8) is 0 Å². The summed E-state index contributed by atoms with van der Waals surface area (Å²) in [6.45, 7) is 4.56. The molecule has 0 unspecified atom stereocenters. The van der Waals surface area contributed by atoms with Crippen LogP contribution in [0.25, 0.3) is 66.1 Å².